The summed E-state index contributed by atoms with van der Waals surface area (Å²) in [5.74, 6) is 1.05. The smallest absolute Gasteiger partial charge is 0.459 e. The Morgan fingerprint density at radius 3 is 2.24 bits per heavy atom. The summed E-state index contributed by atoms with van der Waals surface area (Å²) in [6.07, 6.45) is -1.57. The molecule has 0 radical (unpaired) electrons. The number of alkyl halides is 1. The number of nitrogens with one attached hydrogen (secondary N) is 6. The van der Waals surface area contributed by atoms with Crippen molar-refractivity contribution in [1.82, 2.24) is 55.0 Å². The summed E-state index contributed by atoms with van der Waals surface area (Å²) in [5, 5.41) is 20.4. The second-order valence-corrected chi connectivity index (χ2v) is 28.0. The van der Waals surface area contributed by atoms with Crippen LogP contribution in [0.2, 0.25) is 0 Å². The summed E-state index contributed by atoms with van der Waals surface area (Å²) in [6, 6.07) is 29.2. The van der Waals surface area contributed by atoms with E-state index in [4.69, 9.17) is 47.4 Å². The van der Waals surface area contributed by atoms with Gasteiger partial charge in [0, 0.05) is 48.8 Å². The lowest BCUT2D eigenvalue weighted by Gasteiger charge is -2.32. The molecule has 28 nitrogen and oxygen atoms in total. The molecule has 0 spiro atoms. The molecule has 3 fully saturated rings. The van der Waals surface area contributed by atoms with Crippen LogP contribution in [0.15, 0.2) is 131 Å². The van der Waals surface area contributed by atoms with Gasteiger partial charge in [0.1, 0.15) is 60.1 Å². The zero-order valence-electron chi connectivity index (χ0n) is 57.5. The Bertz CT molecular complexity index is 4510. The first-order valence-electron chi connectivity index (χ1n) is 33.2. The van der Waals surface area contributed by atoms with Crippen LogP contribution in [-0.4, -0.2) is 158 Å². The standard InChI is InChI=1S/C49H54N8O8.C22H29FN3O9P/c1-26(2)41(54-48(60)63-5)47(59)57-27(3)12-17-38(57)45-51-36-16-14-30-20-35-33-15-13-31(19-32(33)25-65-40(35)21-34(30)43(36)53-45)37-22-50-44(52-37)39-18-28(24-62-4)23-56(39)46(58)42(55-49(61)64-6)29-10-8-7-9-11-29;1-13(2)33-19(29)14(3)25-36(31,35-15-8-6-5-7-9-15)32-12-16-18(28)22(4,23)20(34-16)26-11-10-17(27)24-21(26)30/h7-11,13-16,19-22,26-28,38-39,41-42H,12,17-18,23-25H2,1-6H3,(H,50,52)(H,51,53)(H,54,60)(H,55,61);5-11,13-14,16,18,20,28H,12H2,1-4H3,(H,25,31)(H,24,27,30)/t27-,28-,38-,39-,41-,42+;14-,16+,18+,20+,22+,36-/m00/s1. The molecule has 12 atom stereocenters. The highest BCUT2D eigenvalue weighted by Gasteiger charge is 2.56. The van der Waals surface area contributed by atoms with Crippen molar-refractivity contribution >= 4 is 59.5 Å². The molecule has 5 aromatic carbocycles. The number of carbonyl (C=O) groups excluding carboxylic acids is 5. The summed E-state index contributed by atoms with van der Waals surface area (Å²) in [6.45, 7) is 12.2. The van der Waals surface area contributed by atoms with Crippen molar-refractivity contribution in [3.8, 4) is 33.9 Å². The van der Waals surface area contributed by atoms with Crippen molar-refractivity contribution < 1.29 is 75.5 Å². The zero-order chi connectivity index (χ0) is 72.2. The lowest BCUT2D eigenvalue weighted by molar-refractivity contribution is -0.149. The van der Waals surface area contributed by atoms with Gasteiger partial charge in [-0.25, -0.2) is 33.3 Å². The van der Waals surface area contributed by atoms with E-state index in [2.05, 4.69) is 62.1 Å². The first-order chi connectivity index (χ1) is 48.3. The molecule has 0 unspecified atom stereocenters. The fourth-order valence-corrected chi connectivity index (χ4v) is 14.8. The number of halogens is 1. The van der Waals surface area contributed by atoms with Crippen LogP contribution in [0.1, 0.15) is 115 Å². The molecular weight excluding hydrogens is 1330 g/mol. The van der Waals surface area contributed by atoms with Crippen molar-refractivity contribution in [3.05, 3.63) is 165 Å². The number of imidazole rings is 2. The van der Waals surface area contributed by atoms with Crippen LogP contribution in [0.3, 0.4) is 0 Å². The Hall–Kier alpha value is -9.77. The molecule has 536 valence electrons. The molecule has 4 aliphatic rings. The molecule has 7 N–H and O–H groups in total. The summed E-state index contributed by atoms with van der Waals surface area (Å²) < 4.78 is 73.1. The van der Waals surface area contributed by atoms with Crippen molar-refractivity contribution in [1.29, 1.82) is 0 Å². The number of amides is 4. The second kappa shape index (κ2) is 30.6. The number of benzene rings is 5. The number of methoxy groups -OCH3 is 3. The van der Waals surface area contributed by atoms with E-state index in [-0.39, 0.29) is 47.5 Å². The molecule has 30 heteroatoms. The first kappa shape index (κ1) is 72.5. The summed E-state index contributed by atoms with van der Waals surface area (Å²) in [7, 11) is -0.0847. The number of aliphatic hydroxyl groups is 1. The molecule has 0 bridgehead atoms. The Labute approximate surface area is 580 Å². The van der Waals surface area contributed by atoms with Gasteiger partial charge in [0.25, 0.3) is 11.5 Å². The molecule has 12 rings (SSSR count). The number of para-hydroxylation sites is 1. The van der Waals surface area contributed by atoms with E-state index in [1.54, 1.807) is 50.3 Å². The number of H-pyrrole nitrogens is 3. The fraction of sp³-hybridized carbons (Fsp3) is 0.423. The third-order valence-electron chi connectivity index (χ3n) is 18.4. The van der Waals surface area contributed by atoms with E-state index < -0.39 is 92.1 Å². The third-order valence-corrected chi connectivity index (χ3v) is 20.0. The second-order valence-electron chi connectivity index (χ2n) is 26.3. The minimum Gasteiger partial charge on any atom is -0.488 e. The molecule has 7 heterocycles. The monoisotopic (exact) mass is 1410 g/mol. The largest absolute Gasteiger partial charge is 0.488 e. The topological polar surface area (TPSA) is 351 Å². The molecule has 0 saturated carbocycles. The number of likely N-dealkylation sites (tertiary alicyclic amines) is 2. The SMILES string of the molecule is CC(C)OC(=O)[C@H](C)N[P@](=O)(OC[C@H]1O[C@@H](n2ccc(=O)[nH]c2=O)[C@](C)(F)[C@@H]1O)Oc1ccccc1.COC[C@H]1C[C@@H](c2ncc(-c3ccc4c(c3)COc3cc5c(ccc6[nH]c([C@@H]7CC[C@H](C)N7C(=O)[C@@H](NC(=O)OC)C(C)C)nc65)cc3-4)[nH]2)N(C(=O)[C@H](NC(=O)OC)c2ccccc2)C1. The van der Waals surface area contributed by atoms with E-state index in [0.717, 1.165) is 92.1 Å². The maximum absolute atomic E-state index is 15.4. The molecule has 3 saturated heterocycles. The van der Waals surface area contributed by atoms with Crippen LogP contribution < -0.4 is 36.2 Å². The van der Waals surface area contributed by atoms with E-state index in [1.165, 1.54) is 33.3 Å². The zero-order valence-corrected chi connectivity index (χ0v) is 58.4. The van der Waals surface area contributed by atoms with Crippen LogP contribution >= 0.6 is 7.75 Å². The van der Waals surface area contributed by atoms with Crippen molar-refractivity contribution in [3.63, 3.8) is 0 Å². The van der Waals surface area contributed by atoms with Crippen LogP contribution in [0.5, 0.6) is 11.5 Å². The van der Waals surface area contributed by atoms with E-state index in [9.17, 15) is 43.2 Å². The quantitative estimate of drug-likeness (QED) is 0.0200. The number of carbonyl (C=O) groups is 5. The van der Waals surface area contributed by atoms with Crippen LogP contribution in [0, 0.1) is 11.8 Å². The molecule has 3 aromatic heterocycles. The van der Waals surface area contributed by atoms with Crippen molar-refractivity contribution in [2.45, 2.75) is 141 Å². The van der Waals surface area contributed by atoms with Gasteiger partial charge in [0.05, 0.1) is 68.5 Å². The number of esters is 1. The fourth-order valence-electron chi connectivity index (χ4n) is 13.3. The summed E-state index contributed by atoms with van der Waals surface area (Å²) in [4.78, 5) is 111. The number of nitrogens with zero attached hydrogens (tertiary/aromatic N) is 5. The van der Waals surface area contributed by atoms with Gasteiger partial charge in [-0.3, -0.25) is 33.3 Å². The minimum atomic E-state index is -4.30. The lowest BCUT2D eigenvalue weighted by Crippen LogP contribution is -2.52. The number of hydrogen-bond acceptors (Lipinski definition) is 19. The van der Waals surface area contributed by atoms with Crippen molar-refractivity contribution in [2.75, 3.05) is 41.1 Å². The number of fused-ring (bicyclic) bond motifs is 6. The van der Waals surface area contributed by atoms with Crippen molar-refractivity contribution in [2.24, 2.45) is 11.8 Å². The number of alkyl carbamates (subject to hydrolysis) is 2. The first-order valence-corrected chi connectivity index (χ1v) is 34.8. The summed E-state index contributed by atoms with van der Waals surface area (Å²) in [5.41, 5.74) is 2.98. The number of aromatic nitrogens is 6. The molecule has 101 heavy (non-hydrogen) atoms. The van der Waals surface area contributed by atoms with Gasteiger partial charge < -0.3 is 68.5 Å². The highest BCUT2D eigenvalue weighted by atomic mass is 31.2. The lowest BCUT2D eigenvalue weighted by atomic mass is 9.92. The minimum absolute atomic E-state index is 0.0342. The highest BCUT2D eigenvalue weighted by molar-refractivity contribution is 7.52. The van der Waals surface area contributed by atoms with Gasteiger partial charge in [0.15, 0.2) is 11.9 Å². The molecule has 4 amide bonds. The maximum Gasteiger partial charge on any atom is 0.459 e. The Kier molecular flexibility index (Phi) is 22.0. The molecule has 4 aliphatic heterocycles. The van der Waals surface area contributed by atoms with Gasteiger partial charge in [-0.1, -0.05) is 80.6 Å². The third kappa shape index (κ3) is 15.7. The average Bonchev–Trinajstić information content (AvgIpc) is 1.74. The highest BCUT2D eigenvalue weighted by Crippen LogP contribution is 2.49. The van der Waals surface area contributed by atoms with Gasteiger partial charge in [-0.05, 0) is 124 Å². The number of ether oxygens (including phenoxy) is 6. The predicted octanol–water partition coefficient (Wildman–Crippen LogP) is 9.39. The normalized spacial score (nSPS) is 22.3. The van der Waals surface area contributed by atoms with Gasteiger partial charge >= 0.3 is 31.6 Å². The Balaban J connectivity index is 0.000000242. The van der Waals surface area contributed by atoms with Gasteiger partial charge in [-0.15, -0.1) is 0 Å². The van der Waals surface area contributed by atoms with E-state index in [1.807, 2.05) is 67.1 Å². The summed E-state index contributed by atoms with van der Waals surface area (Å²) >= 11 is 0. The molecule has 0 aliphatic carbocycles. The van der Waals surface area contributed by atoms with Crippen LogP contribution in [0.25, 0.3) is 44.2 Å². The van der Waals surface area contributed by atoms with E-state index in [0.29, 0.717) is 43.4 Å². The number of rotatable bonds is 21. The Morgan fingerprint density at radius 2 is 1.54 bits per heavy atom. The van der Waals surface area contributed by atoms with Gasteiger partial charge in [0.2, 0.25) is 5.91 Å². The number of aliphatic hydroxyl groups excluding tert-OH is 1. The van der Waals surface area contributed by atoms with E-state index >= 15 is 4.39 Å². The maximum atomic E-state index is 15.4. The van der Waals surface area contributed by atoms with Crippen LogP contribution in [-0.2, 0) is 53.8 Å². The van der Waals surface area contributed by atoms with Gasteiger partial charge in [-0.2, -0.15) is 5.09 Å². The molecular formula is C71H83FN11O17P. The number of aromatic amines is 3. The Morgan fingerprint density at radius 1 is 0.822 bits per heavy atom. The number of hydrogen-bond donors (Lipinski definition) is 7. The van der Waals surface area contributed by atoms with Crippen LogP contribution in [0.4, 0.5) is 14.0 Å². The average molecular weight is 1410 g/mol. The predicted molar refractivity (Wildman–Crippen MR) is 368 cm³/mol. The molecule has 8 aromatic rings.